The van der Waals surface area contributed by atoms with Crippen molar-refractivity contribution in [1.82, 2.24) is 14.8 Å². The minimum atomic E-state index is -0.391. The lowest BCUT2D eigenvalue weighted by Crippen LogP contribution is -2.20. The van der Waals surface area contributed by atoms with Crippen LogP contribution in [0.15, 0.2) is 48.8 Å². The van der Waals surface area contributed by atoms with Crippen LogP contribution >= 0.6 is 23.8 Å². The normalized spacial score (nSPS) is 10.5. The van der Waals surface area contributed by atoms with E-state index in [2.05, 4.69) is 20.7 Å². The van der Waals surface area contributed by atoms with Gasteiger partial charge in [-0.2, -0.15) is 0 Å². The molecule has 0 aliphatic heterocycles. The van der Waals surface area contributed by atoms with E-state index in [0.29, 0.717) is 28.2 Å². The van der Waals surface area contributed by atoms with Crippen molar-refractivity contribution in [2.45, 2.75) is 13.5 Å². The van der Waals surface area contributed by atoms with Crippen LogP contribution in [-0.4, -0.2) is 25.7 Å². The van der Waals surface area contributed by atoms with Crippen LogP contribution in [-0.2, 0) is 6.54 Å². The molecule has 1 aromatic heterocycles. The maximum atomic E-state index is 13.1. The molecular formula is C18H15ClFN5OS. The highest BCUT2D eigenvalue weighted by Gasteiger charge is 2.07. The summed E-state index contributed by atoms with van der Waals surface area (Å²) in [6, 6.07) is 11.1. The molecule has 0 amide bonds. The molecule has 27 heavy (non-hydrogen) atoms. The summed E-state index contributed by atoms with van der Waals surface area (Å²) in [6.07, 6.45) is 1.52. The van der Waals surface area contributed by atoms with Gasteiger partial charge in [0.2, 0.25) is 5.95 Å². The smallest absolute Gasteiger partial charge is 0.248 e. The zero-order valence-corrected chi connectivity index (χ0v) is 15.8. The Morgan fingerprint density at radius 3 is 2.63 bits per heavy atom. The van der Waals surface area contributed by atoms with Gasteiger partial charge in [-0.15, -0.1) is 5.10 Å². The second-order valence-electron chi connectivity index (χ2n) is 5.71. The third kappa shape index (κ3) is 5.08. The van der Waals surface area contributed by atoms with E-state index in [1.807, 2.05) is 0 Å². The third-order valence-corrected chi connectivity index (χ3v) is 4.21. The molecular weight excluding hydrogens is 389 g/mol. The fourth-order valence-electron chi connectivity index (χ4n) is 2.30. The summed E-state index contributed by atoms with van der Waals surface area (Å²) in [7, 11) is 0. The molecule has 0 saturated carbocycles. The highest BCUT2D eigenvalue weighted by Crippen LogP contribution is 2.18. The summed E-state index contributed by atoms with van der Waals surface area (Å²) in [5.41, 5.74) is 2.08. The van der Waals surface area contributed by atoms with Crippen LogP contribution in [0.2, 0.25) is 5.02 Å². The first-order valence-electron chi connectivity index (χ1n) is 7.93. The van der Waals surface area contributed by atoms with Crippen LogP contribution in [0.5, 0.6) is 0 Å². The van der Waals surface area contributed by atoms with E-state index in [9.17, 15) is 9.18 Å². The zero-order chi connectivity index (χ0) is 19.4. The average molecular weight is 404 g/mol. The summed E-state index contributed by atoms with van der Waals surface area (Å²) in [5, 5.41) is 10.8. The number of thiocarbonyl (C=S) groups is 1. The van der Waals surface area contributed by atoms with Crippen LogP contribution in [0, 0.1) is 5.82 Å². The maximum absolute atomic E-state index is 13.1. The van der Waals surface area contributed by atoms with Crippen LogP contribution < -0.4 is 10.6 Å². The molecule has 0 fully saturated rings. The van der Waals surface area contributed by atoms with Gasteiger partial charge in [0.05, 0.1) is 6.54 Å². The number of hydrogen-bond acceptors (Lipinski definition) is 4. The monoisotopic (exact) mass is 403 g/mol. The fraction of sp³-hybridized carbons (Fsp3) is 0.111. The molecule has 138 valence electrons. The molecule has 1 heterocycles. The molecule has 0 bridgehead atoms. The predicted octanol–water partition coefficient (Wildman–Crippen LogP) is 4.13. The van der Waals surface area contributed by atoms with Gasteiger partial charge in [-0.1, -0.05) is 17.7 Å². The Kier molecular flexibility index (Phi) is 5.78. The summed E-state index contributed by atoms with van der Waals surface area (Å²) in [4.78, 5) is 15.4. The molecule has 3 aromatic rings. The second kappa shape index (κ2) is 8.24. The van der Waals surface area contributed by atoms with Crippen molar-refractivity contribution in [1.29, 1.82) is 0 Å². The third-order valence-electron chi connectivity index (χ3n) is 3.66. The molecule has 0 saturated heterocycles. The number of carbonyl (C=O) groups is 1. The quantitative estimate of drug-likeness (QED) is 0.493. The van der Waals surface area contributed by atoms with E-state index in [1.165, 1.54) is 25.4 Å². The topological polar surface area (TPSA) is 71.8 Å². The Bertz CT molecular complexity index is 990. The van der Waals surface area contributed by atoms with Crippen LogP contribution in [0.4, 0.5) is 16.0 Å². The van der Waals surface area contributed by atoms with Crippen LogP contribution in [0.25, 0.3) is 0 Å². The Balaban J connectivity index is 1.59. The van der Waals surface area contributed by atoms with Gasteiger partial charge in [0.25, 0.3) is 0 Å². The molecule has 2 aromatic carbocycles. The summed E-state index contributed by atoms with van der Waals surface area (Å²) >= 11 is 11.3. The van der Waals surface area contributed by atoms with Gasteiger partial charge in [0.15, 0.2) is 10.9 Å². The number of benzene rings is 2. The van der Waals surface area contributed by atoms with Crippen molar-refractivity contribution in [3.05, 3.63) is 70.8 Å². The van der Waals surface area contributed by atoms with Crippen LogP contribution in [0.1, 0.15) is 22.8 Å². The Morgan fingerprint density at radius 1 is 1.22 bits per heavy atom. The number of nitrogens with zero attached hydrogens (tertiary/aromatic N) is 3. The van der Waals surface area contributed by atoms with Gasteiger partial charge in [0.1, 0.15) is 12.1 Å². The number of carbonyl (C=O) groups excluding carboxylic acids is 1. The van der Waals surface area contributed by atoms with Crippen LogP contribution in [0.3, 0.4) is 0 Å². The van der Waals surface area contributed by atoms with E-state index in [4.69, 9.17) is 23.8 Å². The van der Waals surface area contributed by atoms with Crippen molar-refractivity contribution in [3.8, 4) is 0 Å². The first-order chi connectivity index (χ1) is 12.9. The molecule has 9 heteroatoms. The Labute approximate surface area is 165 Å². The number of halogens is 2. The molecule has 3 rings (SSSR count). The lowest BCUT2D eigenvalue weighted by Gasteiger charge is -2.08. The predicted molar refractivity (Wildman–Crippen MR) is 107 cm³/mol. The number of ketones is 1. The molecule has 0 unspecified atom stereocenters. The van der Waals surface area contributed by atoms with Crippen molar-refractivity contribution in [2.75, 3.05) is 10.6 Å². The number of hydrogen-bond donors (Lipinski definition) is 2. The number of anilines is 2. The highest BCUT2D eigenvalue weighted by atomic mass is 35.5. The average Bonchev–Trinajstić information content (AvgIpc) is 3.04. The zero-order valence-electron chi connectivity index (χ0n) is 14.2. The Morgan fingerprint density at radius 2 is 1.96 bits per heavy atom. The van der Waals surface area contributed by atoms with Gasteiger partial charge < -0.3 is 5.32 Å². The van der Waals surface area contributed by atoms with Gasteiger partial charge in [-0.3, -0.25) is 10.1 Å². The SMILES string of the molecule is CC(=O)c1ccc(NC(=S)Nc2ncn(Cc3ccc(F)cc3Cl)n2)cc1. The largest absolute Gasteiger partial charge is 0.332 e. The standard InChI is InChI=1S/C18H15ClFN5OS/c1-11(26)12-3-6-15(7-4-12)22-18(27)23-17-21-10-25(24-17)9-13-2-5-14(20)8-16(13)19/h2-8,10H,9H2,1H3,(H2,22,23,24,27). The van der Waals surface area contributed by atoms with Crippen molar-refractivity contribution in [2.24, 2.45) is 0 Å². The first kappa shape index (κ1) is 18.9. The molecule has 2 N–H and O–H groups in total. The van der Waals surface area contributed by atoms with E-state index in [1.54, 1.807) is 35.0 Å². The van der Waals surface area contributed by atoms with E-state index >= 15 is 0 Å². The maximum Gasteiger partial charge on any atom is 0.248 e. The molecule has 0 spiro atoms. The number of Topliss-reactive ketones (excluding diaryl/α,β-unsaturated/α-hetero) is 1. The van der Waals surface area contributed by atoms with Gasteiger partial charge in [-0.05, 0) is 61.1 Å². The minimum Gasteiger partial charge on any atom is -0.332 e. The molecule has 0 radical (unpaired) electrons. The fourth-order valence-corrected chi connectivity index (χ4v) is 2.74. The van der Waals surface area contributed by atoms with Gasteiger partial charge in [-0.25, -0.2) is 14.1 Å². The molecule has 0 aliphatic carbocycles. The lowest BCUT2D eigenvalue weighted by atomic mass is 10.1. The van der Waals surface area contributed by atoms with Crippen molar-refractivity contribution < 1.29 is 9.18 Å². The second-order valence-corrected chi connectivity index (χ2v) is 6.53. The summed E-state index contributed by atoms with van der Waals surface area (Å²) in [6.45, 7) is 1.86. The van der Waals surface area contributed by atoms with E-state index < -0.39 is 5.82 Å². The van der Waals surface area contributed by atoms with Gasteiger partial charge in [0, 0.05) is 16.3 Å². The summed E-state index contributed by atoms with van der Waals surface area (Å²) in [5.74, 6) is -0.0817. The van der Waals surface area contributed by atoms with Crippen molar-refractivity contribution in [3.63, 3.8) is 0 Å². The first-order valence-corrected chi connectivity index (χ1v) is 8.72. The van der Waals surface area contributed by atoms with Gasteiger partial charge >= 0.3 is 0 Å². The number of aromatic nitrogens is 3. The highest BCUT2D eigenvalue weighted by molar-refractivity contribution is 7.80. The number of rotatable bonds is 5. The molecule has 6 nitrogen and oxygen atoms in total. The molecule has 0 atom stereocenters. The van der Waals surface area contributed by atoms with Crippen molar-refractivity contribution >= 4 is 46.4 Å². The Hall–Kier alpha value is -2.84. The summed E-state index contributed by atoms with van der Waals surface area (Å²) < 4.78 is 14.7. The van der Waals surface area contributed by atoms with E-state index in [0.717, 1.165) is 11.3 Å². The van der Waals surface area contributed by atoms with E-state index in [-0.39, 0.29) is 5.78 Å². The number of nitrogens with one attached hydrogen (secondary N) is 2. The molecule has 0 aliphatic rings. The minimum absolute atomic E-state index is 0.00162. The lowest BCUT2D eigenvalue weighted by molar-refractivity contribution is 0.101.